The molecule has 0 unspecified atom stereocenters. The Morgan fingerprint density at radius 1 is 1.19 bits per heavy atom. The summed E-state index contributed by atoms with van der Waals surface area (Å²) in [5.74, 6) is -0.860. The molecule has 0 saturated carbocycles. The van der Waals surface area contributed by atoms with Crippen LogP contribution in [0.1, 0.15) is 20.8 Å². The van der Waals surface area contributed by atoms with Gasteiger partial charge in [0.2, 0.25) is 0 Å². The van der Waals surface area contributed by atoms with Crippen LogP contribution in [0.4, 0.5) is 0 Å². The zero-order chi connectivity index (χ0) is 11.7. The maximum absolute atomic E-state index is 10.8. The lowest BCUT2D eigenvalue weighted by Crippen LogP contribution is -1.89. The van der Waals surface area contributed by atoms with Crippen LogP contribution in [0, 0.1) is 13.8 Å². The maximum Gasteiger partial charge on any atom is 0.345 e. The van der Waals surface area contributed by atoms with Gasteiger partial charge in [0.1, 0.15) is 4.88 Å². The van der Waals surface area contributed by atoms with E-state index in [1.54, 1.807) is 6.07 Å². The smallest absolute Gasteiger partial charge is 0.345 e. The minimum atomic E-state index is -0.860. The van der Waals surface area contributed by atoms with E-state index in [1.165, 1.54) is 22.5 Å². The second-order valence-corrected chi connectivity index (χ2v) is 4.80. The molecule has 1 N–H and O–H groups in total. The van der Waals surface area contributed by atoms with Crippen LogP contribution in [0.3, 0.4) is 0 Å². The molecule has 1 aromatic carbocycles. The van der Waals surface area contributed by atoms with Gasteiger partial charge in [-0.3, -0.25) is 0 Å². The van der Waals surface area contributed by atoms with E-state index < -0.39 is 5.97 Å². The first kappa shape index (κ1) is 10.9. The topological polar surface area (TPSA) is 37.3 Å². The number of benzene rings is 1. The lowest BCUT2D eigenvalue weighted by Gasteiger charge is -2.05. The van der Waals surface area contributed by atoms with Crippen molar-refractivity contribution in [3.63, 3.8) is 0 Å². The van der Waals surface area contributed by atoms with Gasteiger partial charge in [0.05, 0.1) is 0 Å². The summed E-state index contributed by atoms with van der Waals surface area (Å²) in [6.07, 6.45) is 0. The zero-order valence-corrected chi connectivity index (χ0v) is 9.97. The number of aryl methyl sites for hydroxylation is 1. The molecule has 0 aliphatic carbocycles. The SMILES string of the molecule is Cc1cccc(-c2ccc(C(=O)O)s2)c1C. The Balaban J connectivity index is 2.50. The molecule has 1 heterocycles. The normalized spacial score (nSPS) is 10.4. The first-order chi connectivity index (χ1) is 7.59. The van der Waals surface area contributed by atoms with Crippen LogP contribution in [0.2, 0.25) is 0 Å². The number of carboxylic acids is 1. The predicted octanol–water partition coefficient (Wildman–Crippen LogP) is 3.73. The van der Waals surface area contributed by atoms with E-state index in [0.29, 0.717) is 4.88 Å². The Bertz CT molecular complexity index is 541. The second kappa shape index (κ2) is 4.10. The van der Waals surface area contributed by atoms with Gasteiger partial charge < -0.3 is 5.11 Å². The fourth-order valence-electron chi connectivity index (χ4n) is 1.62. The Hall–Kier alpha value is -1.61. The molecule has 2 aromatic rings. The van der Waals surface area contributed by atoms with Crippen molar-refractivity contribution in [1.82, 2.24) is 0 Å². The van der Waals surface area contributed by atoms with Crippen LogP contribution in [-0.2, 0) is 0 Å². The Morgan fingerprint density at radius 3 is 2.56 bits per heavy atom. The third-order valence-corrected chi connectivity index (χ3v) is 3.79. The fourth-order valence-corrected chi connectivity index (χ4v) is 2.54. The summed E-state index contributed by atoms with van der Waals surface area (Å²) < 4.78 is 0. The van der Waals surface area contributed by atoms with Gasteiger partial charge in [-0.25, -0.2) is 4.79 Å². The standard InChI is InChI=1S/C13H12O2S/c1-8-4-3-5-10(9(8)2)11-6-7-12(16-11)13(14)15/h3-7H,1-2H3,(H,14,15). The van der Waals surface area contributed by atoms with Crippen LogP contribution in [0.5, 0.6) is 0 Å². The lowest BCUT2D eigenvalue weighted by molar-refractivity contribution is 0.0702. The molecule has 0 amide bonds. The van der Waals surface area contributed by atoms with Crippen LogP contribution in [0.15, 0.2) is 30.3 Å². The van der Waals surface area contributed by atoms with Crippen LogP contribution < -0.4 is 0 Å². The van der Waals surface area contributed by atoms with E-state index in [0.717, 1.165) is 10.4 Å². The van der Waals surface area contributed by atoms with Crippen molar-refractivity contribution in [3.05, 3.63) is 46.3 Å². The first-order valence-electron chi connectivity index (χ1n) is 4.99. The summed E-state index contributed by atoms with van der Waals surface area (Å²) >= 11 is 1.32. The van der Waals surface area contributed by atoms with Gasteiger partial charge in [0, 0.05) is 4.88 Å². The summed E-state index contributed by atoms with van der Waals surface area (Å²) in [6.45, 7) is 4.12. The van der Waals surface area contributed by atoms with Crippen molar-refractivity contribution in [1.29, 1.82) is 0 Å². The molecule has 0 fully saturated rings. The highest BCUT2D eigenvalue weighted by atomic mass is 32.1. The summed E-state index contributed by atoms with van der Waals surface area (Å²) in [7, 11) is 0. The highest BCUT2D eigenvalue weighted by molar-refractivity contribution is 7.17. The number of aromatic carboxylic acids is 1. The van der Waals surface area contributed by atoms with E-state index in [4.69, 9.17) is 5.11 Å². The van der Waals surface area contributed by atoms with Gasteiger partial charge in [-0.1, -0.05) is 18.2 Å². The van der Waals surface area contributed by atoms with Crippen LogP contribution >= 0.6 is 11.3 Å². The van der Waals surface area contributed by atoms with E-state index in [2.05, 4.69) is 19.9 Å². The number of hydrogen-bond acceptors (Lipinski definition) is 2. The van der Waals surface area contributed by atoms with E-state index in [-0.39, 0.29) is 0 Å². The van der Waals surface area contributed by atoms with E-state index in [1.807, 2.05) is 18.2 Å². The molecule has 82 valence electrons. The van der Waals surface area contributed by atoms with E-state index >= 15 is 0 Å². The largest absolute Gasteiger partial charge is 0.477 e. The molecule has 0 aliphatic heterocycles. The first-order valence-corrected chi connectivity index (χ1v) is 5.81. The van der Waals surface area contributed by atoms with Gasteiger partial charge in [-0.2, -0.15) is 0 Å². The molecule has 0 radical (unpaired) electrons. The Morgan fingerprint density at radius 2 is 1.94 bits per heavy atom. The molecule has 2 rings (SSSR count). The summed E-state index contributed by atoms with van der Waals surface area (Å²) in [5, 5.41) is 8.88. The molecule has 0 bridgehead atoms. The third kappa shape index (κ3) is 1.86. The summed E-state index contributed by atoms with van der Waals surface area (Å²) in [6, 6.07) is 9.61. The minimum absolute atomic E-state index is 0.385. The van der Waals surface area contributed by atoms with Crippen molar-refractivity contribution in [2.75, 3.05) is 0 Å². The molecular weight excluding hydrogens is 220 g/mol. The zero-order valence-electron chi connectivity index (χ0n) is 9.15. The van der Waals surface area contributed by atoms with Gasteiger partial charge in [0.25, 0.3) is 0 Å². The van der Waals surface area contributed by atoms with Crippen molar-refractivity contribution in [2.45, 2.75) is 13.8 Å². The quantitative estimate of drug-likeness (QED) is 0.856. The highest BCUT2D eigenvalue weighted by Crippen LogP contribution is 2.31. The molecule has 1 aromatic heterocycles. The van der Waals surface area contributed by atoms with Crippen molar-refractivity contribution in [2.24, 2.45) is 0 Å². The van der Waals surface area contributed by atoms with Gasteiger partial charge in [-0.05, 0) is 42.7 Å². The fraction of sp³-hybridized carbons (Fsp3) is 0.154. The molecule has 0 spiro atoms. The third-order valence-electron chi connectivity index (χ3n) is 2.69. The highest BCUT2D eigenvalue weighted by Gasteiger charge is 2.10. The average Bonchev–Trinajstić information content (AvgIpc) is 2.71. The van der Waals surface area contributed by atoms with Crippen LogP contribution in [0.25, 0.3) is 10.4 Å². The van der Waals surface area contributed by atoms with Gasteiger partial charge in [0.15, 0.2) is 0 Å². The monoisotopic (exact) mass is 232 g/mol. The van der Waals surface area contributed by atoms with Crippen molar-refractivity contribution >= 4 is 17.3 Å². The number of hydrogen-bond donors (Lipinski definition) is 1. The number of thiophene rings is 1. The second-order valence-electron chi connectivity index (χ2n) is 3.72. The maximum atomic E-state index is 10.8. The number of carbonyl (C=O) groups is 1. The molecule has 2 nitrogen and oxygen atoms in total. The van der Waals surface area contributed by atoms with Gasteiger partial charge in [-0.15, -0.1) is 11.3 Å². The number of rotatable bonds is 2. The summed E-state index contributed by atoms with van der Waals surface area (Å²) in [5.41, 5.74) is 3.56. The average molecular weight is 232 g/mol. The van der Waals surface area contributed by atoms with Gasteiger partial charge >= 0.3 is 5.97 Å². The van der Waals surface area contributed by atoms with Crippen molar-refractivity contribution in [3.8, 4) is 10.4 Å². The Kier molecular flexibility index (Phi) is 2.79. The Labute approximate surface area is 98.2 Å². The summed E-state index contributed by atoms with van der Waals surface area (Å²) in [4.78, 5) is 12.2. The minimum Gasteiger partial charge on any atom is -0.477 e. The molecular formula is C13H12O2S. The molecule has 3 heteroatoms. The van der Waals surface area contributed by atoms with Crippen LogP contribution in [-0.4, -0.2) is 11.1 Å². The van der Waals surface area contributed by atoms with E-state index in [9.17, 15) is 4.79 Å². The predicted molar refractivity (Wildman–Crippen MR) is 66.2 cm³/mol. The molecule has 0 aliphatic rings. The van der Waals surface area contributed by atoms with Crippen molar-refractivity contribution < 1.29 is 9.90 Å². The molecule has 0 atom stereocenters. The molecule has 16 heavy (non-hydrogen) atoms. The molecule has 0 saturated heterocycles. The lowest BCUT2D eigenvalue weighted by atomic mass is 10.0. The number of carboxylic acid groups (broad SMARTS) is 1.